The topological polar surface area (TPSA) is 75.0 Å². The van der Waals surface area contributed by atoms with Gasteiger partial charge in [0.15, 0.2) is 11.6 Å². The summed E-state index contributed by atoms with van der Waals surface area (Å²) in [4.78, 5) is 28.0. The van der Waals surface area contributed by atoms with Crippen LogP contribution >= 0.6 is 0 Å². The molecular weight excluding hydrogens is 525 g/mol. The smallest absolute Gasteiger partial charge is 0.481 e. The van der Waals surface area contributed by atoms with Crippen LogP contribution in [0.25, 0.3) is 10.9 Å². The van der Waals surface area contributed by atoms with Crippen LogP contribution < -0.4 is 4.74 Å². The van der Waals surface area contributed by atoms with Gasteiger partial charge in [-0.15, -0.1) is 13.2 Å². The average molecular weight is 552 g/mol. The highest BCUT2D eigenvalue weighted by Gasteiger charge is 2.33. The van der Waals surface area contributed by atoms with Crippen molar-refractivity contribution in [2.45, 2.75) is 38.7 Å². The molecule has 1 aromatic heterocycles. The van der Waals surface area contributed by atoms with E-state index in [0.29, 0.717) is 55.5 Å². The van der Waals surface area contributed by atoms with Gasteiger partial charge >= 0.3 is 12.3 Å². The Labute approximate surface area is 220 Å². The van der Waals surface area contributed by atoms with E-state index < -0.39 is 35.6 Å². The predicted octanol–water partition coefficient (Wildman–Crippen LogP) is 4.55. The molecule has 5 rings (SSSR count). The number of hydrogen-bond donors (Lipinski definition) is 1. The highest BCUT2D eigenvalue weighted by atomic mass is 19.4. The second kappa shape index (κ2) is 10.5. The molecule has 0 bridgehead atoms. The maximum Gasteiger partial charge on any atom is 0.573 e. The zero-order chi connectivity index (χ0) is 27.9. The number of rotatable bonds is 6. The molecule has 7 nitrogen and oxygen atoms in total. The molecule has 1 fully saturated rings. The minimum atomic E-state index is -5.04. The summed E-state index contributed by atoms with van der Waals surface area (Å²) in [5.74, 6) is -4.02. The zero-order valence-corrected chi connectivity index (χ0v) is 20.8. The van der Waals surface area contributed by atoms with Gasteiger partial charge in [0.2, 0.25) is 5.91 Å². The van der Waals surface area contributed by atoms with E-state index in [-0.39, 0.29) is 31.1 Å². The maximum absolute atomic E-state index is 15.0. The summed E-state index contributed by atoms with van der Waals surface area (Å²) in [6.07, 6.45) is -3.61. The van der Waals surface area contributed by atoms with Gasteiger partial charge in [0.05, 0.1) is 24.5 Å². The largest absolute Gasteiger partial charge is 0.573 e. The van der Waals surface area contributed by atoms with Crippen LogP contribution in [0, 0.1) is 17.6 Å². The fraction of sp³-hybridized carbons (Fsp3) is 0.407. The van der Waals surface area contributed by atoms with E-state index in [1.165, 1.54) is 12.1 Å². The molecule has 0 unspecified atom stereocenters. The second-order valence-electron chi connectivity index (χ2n) is 9.91. The lowest BCUT2D eigenvalue weighted by Gasteiger charge is -2.33. The van der Waals surface area contributed by atoms with Gasteiger partial charge < -0.3 is 19.3 Å². The SMILES string of the molecule is O=C(O)C1CCN(CC(=O)N2CCc3c(n(Cc4ccc(OC(F)(F)F)c(F)c4)c4c(F)cccc34)C2)CC1. The second-order valence-corrected chi connectivity index (χ2v) is 9.91. The molecule has 0 aliphatic carbocycles. The number of aliphatic carboxylic acids is 1. The lowest BCUT2D eigenvalue weighted by Crippen LogP contribution is -2.45. The number of nitrogens with zero attached hydrogens (tertiary/aromatic N) is 3. The number of aromatic nitrogens is 1. The van der Waals surface area contributed by atoms with Crippen molar-refractivity contribution in [3.05, 3.63) is 64.9 Å². The van der Waals surface area contributed by atoms with Crippen molar-refractivity contribution in [2.24, 2.45) is 5.92 Å². The summed E-state index contributed by atoms with van der Waals surface area (Å²) in [5.41, 5.74) is 2.13. The molecule has 39 heavy (non-hydrogen) atoms. The average Bonchev–Trinajstić information content (AvgIpc) is 3.19. The van der Waals surface area contributed by atoms with Gasteiger partial charge in [-0.25, -0.2) is 8.78 Å². The van der Waals surface area contributed by atoms with Gasteiger partial charge in [0.1, 0.15) is 5.82 Å². The highest BCUT2D eigenvalue weighted by molar-refractivity contribution is 5.87. The minimum Gasteiger partial charge on any atom is -0.481 e. The fourth-order valence-electron chi connectivity index (χ4n) is 5.50. The number of ether oxygens (including phenoxy) is 1. The van der Waals surface area contributed by atoms with Gasteiger partial charge in [0, 0.05) is 24.2 Å². The Balaban J connectivity index is 1.39. The van der Waals surface area contributed by atoms with Crippen LogP contribution in [-0.2, 0) is 29.1 Å². The first-order valence-electron chi connectivity index (χ1n) is 12.6. The number of hydrogen-bond acceptors (Lipinski definition) is 4. The highest BCUT2D eigenvalue weighted by Crippen LogP contribution is 2.34. The molecule has 2 aromatic carbocycles. The third-order valence-electron chi connectivity index (χ3n) is 7.44. The number of likely N-dealkylation sites (tertiary alicyclic amines) is 1. The molecule has 0 atom stereocenters. The zero-order valence-electron chi connectivity index (χ0n) is 20.8. The van der Waals surface area contributed by atoms with E-state index in [1.54, 1.807) is 21.6 Å². The van der Waals surface area contributed by atoms with E-state index >= 15 is 4.39 Å². The number of piperidine rings is 1. The van der Waals surface area contributed by atoms with Crippen molar-refractivity contribution < 1.29 is 41.4 Å². The molecule has 2 aliphatic rings. The Kier molecular flexibility index (Phi) is 7.23. The number of halogens is 5. The van der Waals surface area contributed by atoms with Crippen LogP contribution in [0.1, 0.15) is 29.7 Å². The van der Waals surface area contributed by atoms with Gasteiger partial charge in [-0.2, -0.15) is 0 Å². The molecule has 3 aromatic rings. The summed E-state index contributed by atoms with van der Waals surface area (Å²) < 4.78 is 72.4. The van der Waals surface area contributed by atoms with Gasteiger partial charge in [0.25, 0.3) is 0 Å². The van der Waals surface area contributed by atoms with E-state index in [2.05, 4.69) is 4.74 Å². The number of fused-ring (bicyclic) bond motifs is 3. The van der Waals surface area contributed by atoms with Crippen molar-refractivity contribution >= 4 is 22.8 Å². The van der Waals surface area contributed by atoms with E-state index in [1.807, 2.05) is 4.90 Å². The van der Waals surface area contributed by atoms with Crippen LogP contribution in [0.3, 0.4) is 0 Å². The number of carboxylic acids is 1. The monoisotopic (exact) mass is 551 g/mol. The Bertz CT molecular complexity index is 1410. The molecule has 12 heteroatoms. The predicted molar refractivity (Wildman–Crippen MR) is 130 cm³/mol. The third kappa shape index (κ3) is 5.70. The Morgan fingerprint density at radius 2 is 1.77 bits per heavy atom. The summed E-state index contributed by atoms with van der Waals surface area (Å²) in [7, 11) is 0. The normalized spacial score (nSPS) is 16.9. The summed E-state index contributed by atoms with van der Waals surface area (Å²) in [6, 6.07) is 7.76. The molecule has 1 amide bonds. The molecule has 0 radical (unpaired) electrons. The summed E-state index contributed by atoms with van der Waals surface area (Å²) >= 11 is 0. The maximum atomic E-state index is 15.0. The van der Waals surface area contributed by atoms with Gasteiger partial charge in [-0.1, -0.05) is 18.2 Å². The Hall–Kier alpha value is -3.67. The summed E-state index contributed by atoms with van der Waals surface area (Å²) in [5, 5.41) is 9.86. The Morgan fingerprint density at radius 1 is 1.03 bits per heavy atom. The first kappa shape index (κ1) is 26.9. The molecule has 3 heterocycles. The van der Waals surface area contributed by atoms with Crippen LogP contribution in [0.2, 0.25) is 0 Å². The van der Waals surface area contributed by atoms with Gasteiger partial charge in [-0.3, -0.25) is 14.5 Å². The number of alkyl halides is 3. The van der Waals surface area contributed by atoms with E-state index in [9.17, 15) is 32.3 Å². The van der Waals surface area contributed by atoms with Gasteiger partial charge in [-0.05, 0) is 61.7 Å². The molecule has 0 saturated carbocycles. The molecule has 208 valence electrons. The minimum absolute atomic E-state index is 0.0271. The quantitative estimate of drug-likeness (QED) is 0.456. The fourth-order valence-corrected chi connectivity index (χ4v) is 5.50. The van der Waals surface area contributed by atoms with Crippen molar-refractivity contribution in [3.8, 4) is 5.75 Å². The van der Waals surface area contributed by atoms with Crippen molar-refractivity contribution in [1.29, 1.82) is 0 Å². The van der Waals surface area contributed by atoms with Crippen LogP contribution in [0.4, 0.5) is 22.0 Å². The van der Waals surface area contributed by atoms with Crippen LogP contribution in [0.5, 0.6) is 5.75 Å². The van der Waals surface area contributed by atoms with Crippen molar-refractivity contribution in [2.75, 3.05) is 26.2 Å². The van der Waals surface area contributed by atoms with E-state index in [0.717, 1.165) is 17.7 Å². The molecule has 1 N–H and O–H groups in total. The summed E-state index contributed by atoms with van der Waals surface area (Å²) in [6.45, 7) is 1.74. The number of carbonyl (C=O) groups excluding carboxylic acids is 1. The molecule has 2 aliphatic heterocycles. The van der Waals surface area contributed by atoms with Crippen molar-refractivity contribution in [1.82, 2.24) is 14.4 Å². The first-order chi connectivity index (χ1) is 18.5. The molecule has 1 saturated heterocycles. The third-order valence-corrected chi connectivity index (χ3v) is 7.44. The molecule has 0 spiro atoms. The van der Waals surface area contributed by atoms with Crippen LogP contribution in [-0.4, -0.2) is 63.9 Å². The number of amides is 1. The van der Waals surface area contributed by atoms with E-state index in [4.69, 9.17) is 0 Å². The first-order valence-corrected chi connectivity index (χ1v) is 12.6. The number of benzene rings is 2. The van der Waals surface area contributed by atoms with Crippen molar-refractivity contribution in [3.63, 3.8) is 0 Å². The lowest BCUT2D eigenvalue weighted by molar-refractivity contribution is -0.275. The van der Waals surface area contributed by atoms with Crippen LogP contribution in [0.15, 0.2) is 36.4 Å². The number of carboxylic acid groups (broad SMARTS) is 1. The standard InChI is InChI=1S/C27H26F5N3O4/c28-20-3-1-2-19-18-8-11-34(24(36)15-33-9-6-17(7-10-33)26(37)38)14-22(18)35(25(19)20)13-16-4-5-23(21(29)12-16)39-27(30,31)32/h1-5,12,17H,6-11,13-15H2,(H,37,38). The lowest BCUT2D eigenvalue weighted by atomic mass is 9.97. The molecular formula is C27H26F5N3O4. The Morgan fingerprint density at radius 3 is 2.44 bits per heavy atom. The number of para-hydroxylation sites is 1. The number of carbonyl (C=O) groups is 2.